The third-order valence-corrected chi connectivity index (χ3v) is 12.4. The molecule has 10 rings (SSSR count). The van der Waals surface area contributed by atoms with E-state index in [0.29, 0.717) is 67.6 Å². The molecule has 3 aliphatic carbocycles. The fourth-order valence-corrected chi connectivity index (χ4v) is 7.56. The lowest BCUT2D eigenvalue weighted by Crippen LogP contribution is -2.39. The Balaban J connectivity index is 0.000000184. The standard InChI is InChI=1S/C17H21N5O3.C10H12N4O2.C9H14N4O.C8H13NO4S.CH3F.CH3I/c1-10(2)13-6-12(25-19-13)9-21-16(23)15-14(20(3)17(21)24)7-18-22(15)8-11-4-5-11;1-13-7-4-11-14(5-6-2-3-6)8(7)9(15)12-10(13)16;1-11-7-4-12-13(5-6-2-3-6)8(7)9(10)14;1-6(2)8-4-7(13-9-8)5-12-14(3,10)11;2*1-2/h6-7,10-11H,4-5,8-9H2,1-3H3;4,6H,2-3,5H2,1H3,(H,12,15,16);4,6,11H,2-3,5H2,1H3,(H2,10,14);4,6H,5H2,1-3H3;2*1H3/i;;;;2*1D. The fourth-order valence-electron chi connectivity index (χ4n) is 7.23. The molecule has 73 heavy (non-hydrogen) atoms. The van der Waals surface area contributed by atoms with Crippen LogP contribution in [0.1, 0.15) is 114 Å². The van der Waals surface area contributed by atoms with Crippen LogP contribution >= 0.6 is 22.6 Å². The number of primary amides is 1. The number of alkyl halides is 2. The molecule has 24 nitrogen and oxygen atoms in total. The van der Waals surface area contributed by atoms with Gasteiger partial charge in [-0.05, 0) is 73.0 Å². The Morgan fingerprint density at radius 1 is 0.849 bits per heavy atom. The van der Waals surface area contributed by atoms with Crippen molar-refractivity contribution in [2.24, 2.45) is 37.6 Å². The van der Waals surface area contributed by atoms with Gasteiger partial charge >= 0.3 is 11.4 Å². The Kier molecular flexibility index (Phi) is 19.1. The molecule has 0 saturated heterocycles. The summed E-state index contributed by atoms with van der Waals surface area (Å²) in [6.45, 7) is 10.2. The summed E-state index contributed by atoms with van der Waals surface area (Å²) in [5.41, 5.74) is 8.73. The number of aromatic amines is 1. The highest BCUT2D eigenvalue weighted by atomic mass is 127. The minimum atomic E-state index is -3.42. The van der Waals surface area contributed by atoms with E-state index in [1.807, 2.05) is 50.3 Å². The topological polar surface area (TPSA) is 303 Å². The molecule has 0 radical (unpaired) electrons. The van der Waals surface area contributed by atoms with Crippen molar-refractivity contribution in [3.63, 3.8) is 0 Å². The first-order chi connectivity index (χ1) is 35.5. The van der Waals surface area contributed by atoms with Gasteiger partial charge in [-0.15, -0.1) is 0 Å². The summed E-state index contributed by atoms with van der Waals surface area (Å²) < 4.78 is 66.9. The van der Waals surface area contributed by atoms with Gasteiger partial charge in [-0.2, -0.15) is 23.7 Å². The second-order valence-electron chi connectivity index (χ2n) is 18.4. The number of nitrogens with zero attached hydrogens (tertiary/aromatic N) is 11. The first-order valence-electron chi connectivity index (χ1n) is 24.8. The number of anilines is 1. The second kappa shape index (κ2) is 25.6. The fraction of sp³-hybridized carbons (Fsp3) is 0.565. The molecule has 7 aromatic rings. The first kappa shape index (κ1) is 54.5. The van der Waals surface area contributed by atoms with E-state index in [1.165, 1.54) is 39.4 Å². The van der Waals surface area contributed by atoms with Crippen molar-refractivity contribution in [2.75, 3.05) is 30.7 Å². The van der Waals surface area contributed by atoms with Gasteiger partial charge in [0, 0.05) is 54.3 Å². The number of halogens is 2. The highest BCUT2D eigenvalue weighted by Gasteiger charge is 2.27. The van der Waals surface area contributed by atoms with Gasteiger partial charge in [0.05, 0.1) is 68.0 Å². The molecule has 0 unspecified atom stereocenters. The second-order valence-corrected chi connectivity index (χ2v) is 20.1. The molecule has 0 aromatic carbocycles. The van der Waals surface area contributed by atoms with Crippen LogP contribution in [-0.4, -0.2) is 98.0 Å². The number of H-pyrrole nitrogens is 1. The number of amides is 1. The van der Waals surface area contributed by atoms with Gasteiger partial charge in [0.2, 0.25) is 0 Å². The van der Waals surface area contributed by atoms with Gasteiger partial charge in [0.25, 0.3) is 27.1 Å². The van der Waals surface area contributed by atoms with Crippen molar-refractivity contribution in [1.29, 1.82) is 0 Å². The average Bonchev–Trinajstić information content (AvgIpc) is 4.27. The third kappa shape index (κ3) is 15.4. The number of nitrogens with two attached hydrogens (primary N) is 1. The molecule has 0 aliphatic heterocycles. The molecular formula is C46H66FIN14O10S. The summed E-state index contributed by atoms with van der Waals surface area (Å²) in [4.78, 5) is 62.6. The van der Waals surface area contributed by atoms with Crippen molar-refractivity contribution in [1.82, 2.24) is 58.3 Å². The third-order valence-electron chi connectivity index (χ3n) is 11.9. The van der Waals surface area contributed by atoms with Gasteiger partial charge in [0.15, 0.2) is 22.6 Å². The Morgan fingerprint density at radius 2 is 1.32 bits per heavy atom. The van der Waals surface area contributed by atoms with Gasteiger partial charge < -0.3 is 20.1 Å². The highest BCUT2D eigenvalue weighted by Crippen LogP contribution is 2.32. The van der Waals surface area contributed by atoms with Gasteiger partial charge in [0.1, 0.15) is 12.3 Å². The van der Waals surface area contributed by atoms with E-state index in [2.05, 4.69) is 40.1 Å². The first-order valence-corrected chi connectivity index (χ1v) is 26.7. The lowest BCUT2D eigenvalue weighted by molar-refractivity contribution is 0.0990. The highest BCUT2D eigenvalue weighted by molar-refractivity contribution is 14.1. The molecule has 3 saturated carbocycles. The zero-order valence-electron chi connectivity index (χ0n) is 44.2. The van der Waals surface area contributed by atoms with E-state index in [-0.39, 0.29) is 41.8 Å². The molecule has 0 atom stereocenters. The number of carbonyl (C=O) groups excluding carboxylic acids is 1. The van der Waals surface area contributed by atoms with Gasteiger partial charge in [-0.25, -0.2) is 9.59 Å². The van der Waals surface area contributed by atoms with Crippen molar-refractivity contribution in [3.05, 3.63) is 101 Å². The minimum absolute atomic E-state index is 0.0653. The zero-order chi connectivity index (χ0) is 55.3. The van der Waals surface area contributed by atoms with Crippen LogP contribution in [0.25, 0.3) is 22.1 Å². The van der Waals surface area contributed by atoms with Crippen LogP contribution in [0.2, 0.25) is 0 Å². The summed E-state index contributed by atoms with van der Waals surface area (Å²) >= 11 is 1.96. The van der Waals surface area contributed by atoms with Gasteiger partial charge in [-0.3, -0.25) is 55.7 Å². The van der Waals surface area contributed by atoms with E-state index in [4.69, 9.17) is 17.5 Å². The number of hydrogen-bond donors (Lipinski definition) is 3. The van der Waals surface area contributed by atoms with Crippen LogP contribution in [-0.2, 0) is 61.2 Å². The molecule has 3 fully saturated rings. The van der Waals surface area contributed by atoms with Crippen molar-refractivity contribution in [3.8, 4) is 0 Å². The molecule has 3 aliphatic rings. The van der Waals surface area contributed by atoms with E-state index in [1.54, 1.807) is 65.9 Å². The van der Waals surface area contributed by atoms with Gasteiger partial charge in [-0.1, -0.05) is 60.6 Å². The number of aryl methyl sites for hydroxylation is 2. The van der Waals surface area contributed by atoms with Crippen LogP contribution in [0.15, 0.2) is 58.9 Å². The number of rotatable bonds is 15. The number of fused-ring (bicyclic) bond motifs is 2. The molecule has 400 valence electrons. The van der Waals surface area contributed by atoms with Crippen molar-refractivity contribution < 1.29 is 33.6 Å². The SMILES string of the molecule is CC(C)c1cc(COS(C)(=O)=O)on1.CC(C)c1cc(Cn2c(=O)c3c(cnn3CC3CC3)n(C)c2=O)on1.CNc1cnn(CC2CC2)c1C(N)=O.Cn1c(=O)[nH]c(=O)c2c1cnn2CC1CC1.[2H]CF.[2H]CI. The lowest BCUT2D eigenvalue weighted by Gasteiger charge is -2.08. The largest absolute Gasteiger partial charge is 0.385 e. The van der Waals surface area contributed by atoms with E-state index >= 15 is 0 Å². The molecule has 7 aromatic heterocycles. The molecule has 0 spiro atoms. The van der Waals surface area contributed by atoms with E-state index < -0.39 is 28.9 Å². The molecule has 27 heteroatoms. The Bertz CT molecular complexity index is 3360. The number of carbonyl (C=O) groups is 1. The minimum Gasteiger partial charge on any atom is -0.385 e. The monoisotopic (exact) mass is 1150 g/mol. The zero-order valence-corrected chi connectivity index (χ0v) is 45.2. The van der Waals surface area contributed by atoms with Crippen LogP contribution in [0, 0.1) is 17.8 Å². The summed E-state index contributed by atoms with van der Waals surface area (Å²) in [5, 5.41) is 23.3. The van der Waals surface area contributed by atoms with Crippen LogP contribution in [0.4, 0.5) is 10.1 Å². The predicted molar refractivity (Wildman–Crippen MR) is 280 cm³/mol. The van der Waals surface area contributed by atoms with Crippen LogP contribution in [0.3, 0.4) is 0 Å². The number of aromatic nitrogens is 12. The van der Waals surface area contributed by atoms with Crippen molar-refractivity contribution in [2.45, 2.75) is 111 Å². The van der Waals surface area contributed by atoms with Crippen LogP contribution in [0.5, 0.6) is 0 Å². The van der Waals surface area contributed by atoms with E-state index in [0.717, 1.165) is 50.1 Å². The number of nitrogens with one attached hydrogen (secondary N) is 2. The molecule has 0 bridgehead atoms. The maximum absolute atomic E-state index is 13.0. The Labute approximate surface area is 436 Å². The quantitative estimate of drug-likeness (QED) is 0.0715. The predicted octanol–water partition coefficient (Wildman–Crippen LogP) is 4.64. The molecule has 1 amide bonds. The maximum atomic E-state index is 13.0. The summed E-state index contributed by atoms with van der Waals surface area (Å²) in [5.74, 6) is 2.86. The molecule has 4 N–H and O–H groups in total. The lowest BCUT2D eigenvalue weighted by atomic mass is 10.1. The summed E-state index contributed by atoms with van der Waals surface area (Å²) in [6, 6.07) is 3.48. The summed E-state index contributed by atoms with van der Waals surface area (Å²) in [7, 11) is 0.619. The molecule has 7 heterocycles. The van der Waals surface area contributed by atoms with Crippen molar-refractivity contribution >= 4 is 66.4 Å². The average molecular weight is 1160 g/mol. The summed E-state index contributed by atoms with van der Waals surface area (Å²) in [6.07, 6.45) is 13.0. The maximum Gasteiger partial charge on any atom is 0.331 e. The Morgan fingerprint density at radius 3 is 1.78 bits per heavy atom. The molecular weight excluding hydrogens is 1090 g/mol. The van der Waals surface area contributed by atoms with E-state index in [9.17, 15) is 36.8 Å². The Hall–Kier alpha value is -6.23. The van der Waals surface area contributed by atoms with Crippen LogP contribution < -0.4 is 33.5 Å². The smallest absolute Gasteiger partial charge is 0.331 e. The normalized spacial score (nSPS) is 14.4. The number of hydrogen-bond acceptors (Lipinski definition) is 16.